The number of pyridine rings is 1. The van der Waals surface area contributed by atoms with Gasteiger partial charge in [-0.2, -0.15) is 0 Å². The molecule has 18 heavy (non-hydrogen) atoms. The standard InChI is InChI=1S/C13H12BrClN2O/c1-18-11-4-2-3-9(5-11)7-16-12-6-10(14)8-17-13(12)15/h2-6,8,16H,7H2,1H3. The Bertz CT molecular complexity index is 548. The molecule has 3 nitrogen and oxygen atoms in total. The highest BCUT2D eigenvalue weighted by Gasteiger charge is 2.02. The van der Waals surface area contributed by atoms with E-state index in [4.69, 9.17) is 16.3 Å². The number of hydrogen-bond acceptors (Lipinski definition) is 3. The molecule has 0 atom stereocenters. The predicted octanol–water partition coefficient (Wildman–Crippen LogP) is 4.12. The van der Waals surface area contributed by atoms with Gasteiger partial charge in [0, 0.05) is 17.2 Å². The van der Waals surface area contributed by atoms with Gasteiger partial charge in [-0.1, -0.05) is 23.7 Å². The number of aromatic nitrogens is 1. The number of hydrogen-bond donors (Lipinski definition) is 1. The van der Waals surface area contributed by atoms with Crippen molar-refractivity contribution in [3.8, 4) is 5.75 Å². The smallest absolute Gasteiger partial charge is 0.152 e. The molecule has 0 unspecified atom stereocenters. The summed E-state index contributed by atoms with van der Waals surface area (Å²) < 4.78 is 6.06. The summed E-state index contributed by atoms with van der Waals surface area (Å²) in [5.74, 6) is 0.841. The van der Waals surface area contributed by atoms with Crippen LogP contribution in [0.2, 0.25) is 5.15 Å². The molecule has 1 heterocycles. The number of ether oxygens (including phenoxy) is 1. The van der Waals surface area contributed by atoms with Crippen molar-refractivity contribution < 1.29 is 4.74 Å². The van der Waals surface area contributed by atoms with Crippen LogP contribution in [-0.2, 0) is 6.54 Å². The van der Waals surface area contributed by atoms with Gasteiger partial charge in [0.2, 0.25) is 0 Å². The molecule has 0 saturated heterocycles. The highest BCUT2D eigenvalue weighted by molar-refractivity contribution is 9.10. The van der Waals surface area contributed by atoms with Gasteiger partial charge in [0.05, 0.1) is 12.8 Å². The van der Waals surface area contributed by atoms with Crippen molar-refractivity contribution in [2.24, 2.45) is 0 Å². The number of benzene rings is 1. The summed E-state index contributed by atoms with van der Waals surface area (Å²) in [6.45, 7) is 0.662. The van der Waals surface area contributed by atoms with Gasteiger partial charge in [-0.3, -0.25) is 0 Å². The number of rotatable bonds is 4. The fraction of sp³-hybridized carbons (Fsp3) is 0.154. The van der Waals surface area contributed by atoms with Gasteiger partial charge in [-0.25, -0.2) is 4.98 Å². The van der Waals surface area contributed by atoms with E-state index in [9.17, 15) is 0 Å². The molecule has 2 rings (SSSR count). The molecule has 0 bridgehead atoms. The van der Waals surface area contributed by atoms with Crippen LogP contribution in [0.4, 0.5) is 5.69 Å². The SMILES string of the molecule is COc1cccc(CNc2cc(Br)cnc2Cl)c1. The minimum absolute atomic E-state index is 0.459. The molecule has 0 aliphatic heterocycles. The van der Waals surface area contributed by atoms with Crippen LogP contribution >= 0.6 is 27.5 Å². The van der Waals surface area contributed by atoms with E-state index in [0.29, 0.717) is 11.7 Å². The zero-order valence-electron chi connectivity index (χ0n) is 9.78. The zero-order chi connectivity index (χ0) is 13.0. The lowest BCUT2D eigenvalue weighted by molar-refractivity contribution is 0.414. The molecule has 5 heteroatoms. The number of methoxy groups -OCH3 is 1. The van der Waals surface area contributed by atoms with Crippen LogP contribution in [-0.4, -0.2) is 12.1 Å². The van der Waals surface area contributed by atoms with E-state index in [0.717, 1.165) is 21.5 Å². The molecule has 0 radical (unpaired) electrons. The largest absolute Gasteiger partial charge is 0.497 e. The third-order valence-corrected chi connectivity index (χ3v) is 3.16. The van der Waals surface area contributed by atoms with Crippen molar-refractivity contribution in [1.29, 1.82) is 0 Å². The Morgan fingerprint density at radius 3 is 3.00 bits per heavy atom. The molecule has 94 valence electrons. The second-order valence-electron chi connectivity index (χ2n) is 3.70. The van der Waals surface area contributed by atoms with E-state index in [1.807, 2.05) is 30.3 Å². The Morgan fingerprint density at radius 1 is 1.39 bits per heavy atom. The number of halogens is 2. The summed E-state index contributed by atoms with van der Waals surface area (Å²) in [6, 6.07) is 9.77. The molecular weight excluding hydrogens is 316 g/mol. The van der Waals surface area contributed by atoms with Crippen LogP contribution in [0.15, 0.2) is 41.0 Å². The van der Waals surface area contributed by atoms with Crippen molar-refractivity contribution in [3.63, 3.8) is 0 Å². The maximum Gasteiger partial charge on any atom is 0.152 e. The van der Waals surface area contributed by atoms with Gasteiger partial charge >= 0.3 is 0 Å². The average molecular weight is 328 g/mol. The molecule has 0 spiro atoms. The fourth-order valence-corrected chi connectivity index (χ4v) is 2.03. The van der Waals surface area contributed by atoms with Crippen LogP contribution in [0.5, 0.6) is 5.75 Å². The third-order valence-electron chi connectivity index (χ3n) is 2.42. The van der Waals surface area contributed by atoms with Crippen molar-refractivity contribution in [1.82, 2.24) is 4.98 Å². The van der Waals surface area contributed by atoms with Crippen LogP contribution in [0.25, 0.3) is 0 Å². The van der Waals surface area contributed by atoms with Crippen LogP contribution in [0.1, 0.15) is 5.56 Å². The van der Waals surface area contributed by atoms with Gasteiger partial charge < -0.3 is 10.1 Å². The Labute approximate surface area is 119 Å². The number of nitrogens with zero attached hydrogens (tertiary/aromatic N) is 1. The second-order valence-corrected chi connectivity index (χ2v) is 4.97. The van der Waals surface area contributed by atoms with Gasteiger partial charge in [-0.05, 0) is 39.7 Å². The number of nitrogens with one attached hydrogen (secondary N) is 1. The van der Waals surface area contributed by atoms with Gasteiger partial charge in [0.25, 0.3) is 0 Å². The van der Waals surface area contributed by atoms with Crippen LogP contribution < -0.4 is 10.1 Å². The van der Waals surface area contributed by atoms with E-state index in [1.165, 1.54) is 0 Å². The Balaban J connectivity index is 2.08. The first-order chi connectivity index (χ1) is 8.69. The average Bonchev–Trinajstić information content (AvgIpc) is 2.40. The lowest BCUT2D eigenvalue weighted by Gasteiger charge is -2.09. The van der Waals surface area contributed by atoms with E-state index in [-0.39, 0.29) is 0 Å². The maximum atomic E-state index is 6.00. The van der Waals surface area contributed by atoms with E-state index < -0.39 is 0 Å². The third kappa shape index (κ3) is 3.37. The number of anilines is 1. The molecule has 0 aliphatic rings. The maximum absolute atomic E-state index is 6.00. The van der Waals surface area contributed by atoms with Gasteiger partial charge in [0.1, 0.15) is 5.75 Å². The molecule has 2 aromatic rings. The summed E-state index contributed by atoms with van der Waals surface area (Å²) in [4.78, 5) is 4.06. The van der Waals surface area contributed by atoms with Gasteiger partial charge in [-0.15, -0.1) is 0 Å². The van der Waals surface area contributed by atoms with Crippen molar-refractivity contribution >= 4 is 33.2 Å². The molecule has 0 saturated carbocycles. The predicted molar refractivity (Wildman–Crippen MR) is 77.3 cm³/mol. The molecule has 1 aromatic carbocycles. The van der Waals surface area contributed by atoms with Crippen LogP contribution in [0.3, 0.4) is 0 Å². The molecule has 0 fully saturated rings. The second kappa shape index (κ2) is 6.07. The molecule has 1 aromatic heterocycles. The topological polar surface area (TPSA) is 34.1 Å². The van der Waals surface area contributed by atoms with E-state index in [2.05, 4.69) is 26.2 Å². The van der Waals surface area contributed by atoms with Crippen LogP contribution in [0, 0.1) is 0 Å². The van der Waals surface area contributed by atoms with E-state index >= 15 is 0 Å². The summed E-state index contributed by atoms with van der Waals surface area (Å²) in [6.07, 6.45) is 1.67. The Morgan fingerprint density at radius 2 is 2.22 bits per heavy atom. The highest BCUT2D eigenvalue weighted by Crippen LogP contribution is 2.23. The van der Waals surface area contributed by atoms with Crippen molar-refractivity contribution in [2.75, 3.05) is 12.4 Å². The summed E-state index contributed by atoms with van der Waals surface area (Å²) >= 11 is 9.37. The lowest BCUT2D eigenvalue weighted by Crippen LogP contribution is -2.01. The lowest BCUT2D eigenvalue weighted by atomic mass is 10.2. The molecular formula is C13H12BrClN2O. The summed E-state index contributed by atoms with van der Waals surface area (Å²) in [7, 11) is 1.65. The minimum Gasteiger partial charge on any atom is -0.497 e. The Kier molecular flexibility index (Phi) is 4.44. The van der Waals surface area contributed by atoms with Gasteiger partial charge in [0.15, 0.2) is 5.15 Å². The first kappa shape index (κ1) is 13.2. The highest BCUT2D eigenvalue weighted by atomic mass is 79.9. The fourth-order valence-electron chi connectivity index (χ4n) is 1.53. The first-order valence-corrected chi connectivity index (χ1v) is 6.54. The zero-order valence-corrected chi connectivity index (χ0v) is 12.1. The molecule has 0 aliphatic carbocycles. The van der Waals surface area contributed by atoms with E-state index in [1.54, 1.807) is 13.3 Å². The Hall–Kier alpha value is -1.26. The first-order valence-electron chi connectivity index (χ1n) is 5.37. The van der Waals surface area contributed by atoms with Crippen molar-refractivity contribution in [2.45, 2.75) is 6.54 Å². The molecule has 1 N–H and O–H groups in total. The summed E-state index contributed by atoms with van der Waals surface area (Å²) in [5, 5.41) is 3.70. The summed E-state index contributed by atoms with van der Waals surface area (Å²) in [5.41, 5.74) is 1.92. The van der Waals surface area contributed by atoms with Crippen molar-refractivity contribution in [3.05, 3.63) is 51.7 Å². The normalized spacial score (nSPS) is 10.2. The quantitative estimate of drug-likeness (QED) is 0.858. The molecule has 0 amide bonds. The monoisotopic (exact) mass is 326 g/mol. The minimum atomic E-state index is 0.459.